The van der Waals surface area contributed by atoms with E-state index in [1.54, 1.807) is 6.07 Å². The Hall–Kier alpha value is -1.55. The van der Waals surface area contributed by atoms with Crippen molar-refractivity contribution in [1.82, 2.24) is 9.80 Å². The summed E-state index contributed by atoms with van der Waals surface area (Å²) in [5.41, 5.74) is 8.35. The van der Waals surface area contributed by atoms with Crippen molar-refractivity contribution in [2.24, 2.45) is 0 Å². The summed E-state index contributed by atoms with van der Waals surface area (Å²) >= 11 is 0. The largest absolute Gasteiger partial charge is 0.398 e. The fourth-order valence-corrected chi connectivity index (χ4v) is 3.29. The average molecular weight is 273 g/mol. The Morgan fingerprint density at radius 3 is 2.70 bits per heavy atom. The van der Waals surface area contributed by atoms with Crippen LogP contribution in [0.4, 0.5) is 5.69 Å². The fourth-order valence-electron chi connectivity index (χ4n) is 3.29. The van der Waals surface area contributed by atoms with Gasteiger partial charge in [-0.25, -0.2) is 0 Å². The molecular weight excluding hydrogens is 250 g/mol. The number of anilines is 1. The van der Waals surface area contributed by atoms with Crippen LogP contribution in [0, 0.1) is 6.92 Å². The third kappa shape index (κ3) is 2.52. The fraction of sp³-hybridized carbons (Fsp3) is 0.562. The van der Waals surface area contributed by atoms with Gasteiger partial charge in [-0.05, 0) is 57.0 Å². The lowest BCUT2D eigenvalue weighted by Crippen LogP contribution is -2.37. The monoisotopic (exact) mass is 273 g/mol. The van der Waals surface area contributed by atoms with Gasteiger partial charge >= 0.3 is 0 Å². The highest BCUT2D eigenvalue weighted by atomic mass is 16.2. The Kier molecular flexibility index (Phi) is 3.66. The van der Waals surface area contributed by atoms with E-state index < -0.39 is 0 Å². The molecule has 1 aromatic carbocycles. The molecule has 0 spiro atoms. The Bertz CT molecular complexity index is 508. The van der Waals surface area contributed by atoms with Crippen LogP contribution in [0.5, 0.6) is 0 Å². The molecule has 1 unspecified atom stereocenters. The van der Waals surface area contributed by atoms with Crippen molar-refractivity contribution in [3.8, 4) is 0 Å². The van der Waals surface area contributed by atoms with Crippen LogP contribution in [0.15, 0.2) is 18.2 Å². The molecule has 20 heavy (non-hydrogen) atoms. The molecule has 2 aliphatic heterocycles. The van der Waals surface area contributed by atoms with Gasteiger partial charge in [0.25, 0.3) is 5.91 Å². The molecule has 2 N–H and O–H groups in total. The summed E-state index contributed by atoms with van der Waals surface area (Å²) in [4.78, 5) is 17.0. The minimum atomic E-state index is 0.124. The van der Waals surface area contributed by atoms with Crippen LogP contribution >= 0.6 is 0 Å². The number of likely N-dealkylation sites (tertiary alicyclic amines) is 2. The number of carbonyl (C=O) groups is 1. The Morgan fingerprint density at radius 1 is 1.25 bits per heavy atom. The molecule has 1 amide bonds. The number of nitrogens with two attached hydrogens (primary N) is 1. The molecular formula is C16H23N3O. The standard InChI is InChI=1S/C16H23N3O/c1-12-4-5-13(10-15(12)17)16(20)19-9-6-14(11-19)18-7-2-3-8-18/h4-5,10,14H,2-3,6-9,11,17H2,1H3. The van der Waals surface area contributed by atoms with Crippen molar-refractivity contribution in [3.05, 3.63) is 29.3 Å². The number of hydrogen-bond acceptors (Lipinski definition) is 3. The highest BCUT2D eigenvalue weighted by Gasteiger charge is 2.31. The van der Waals surface area contributed by atoms with E-state index >= 15 is 0 Å². The molecule has 0 aliphatic carbocycles. The molecule has 2 saturated heterocycles. The van der Waals surface area contributed by atoms with Gasteiger partial charge in [0.05, 0.1) is 0 Å². The zero-order valence-corrected chi connectivity index (χ0v) is 12.1. The van der Waals surface area contributed by atoms with Gasteiger partial charge in [0, 0.05) is 30.4 Å². The maximum atomic E-state index is 12.5. The third-order valence-corrected chi connectivity index (χ3v) is 4.63. The number of nitrogens with zero attached hydrogens (tertiary/aromatic N) is 2. The first-order valence-corrected chi connectivity index (χ1v) is 7.54. The first-order valence-electron chi connectivity index (χ1n) is 7.54. The van der Waals surface area contributed by atoms with Crippen LogP contribution in [-0.2, 0) is 0 Å². The molecule has 0 aromatic heterocycles. The predicted octanol–water partition coefficient (Wildman–Crippen LogP) is 1.89. The number of rotatable bonds is 2. The number of aryl methyl sites for hydroxylation is 1. The summed E-state index contributed by atoms with van der Waals surface area (Å²) in [6.45, 7) is 6.09. The zero-order chi connectivity index (χ0) is 14.1. The smallest absolute Gasteiger partial charge is 0.253 e. The first kappa shape index (κ1) is 13.4. The number of carbonyl (C=O) groups excluding carboxylic acids is 1. The minimum absolute atomic E-state index is 0.124. The summed E-state index contributed by atoms with van der Waals surface area (Å²) in [6, 6.07) is 6.18. The lowest BCUT2D eigenvalue weighted by molar-refractivity contribution is 0.0780. The Labute approximate surface area is 120 Å². The molecule has 4 nitrogen and oxygen atoms in total. The van der Waals surface area contributed by atoms with Crippen LogP contribution in [0.25, 0.3) is 0 Å². The highest BCUT2D eigenvalue weighted by Crippen LogP contribution is 2.22. The molecule has 2 fully saturated rings. The van der Waals surface area contributed by atoms with Gasteiger partial charge in [-0.1, -0.05) is 6.07 Å². The van der Waals surface area contributed by atoms with Gasteiger partial charge < -0.3 is 10.6 Å². The van der Waals surface area contributed by atoms with E-state index in [0.717, 1.165) is 30.6 Å². The van der Waals surface area contributed by atoms with Crippen LogP contribution < -0.4 is 5.73 Å². The summed E-state index contributed by atoms with van der Waals surface area (Å²) in [5.74, 6) is 0.124. The van der Waals surface area contributed by atoms with Gasteiger partial charge in [0.15, 0.2) is 0 Å². The number of hydrogen-bond donors (Lipinski definition) is 1. The third-order valence-electron chi connectivity index (χ3n) is 4.63. The summed E-state index contributed by atoms with van der Waals surface area (Å²) in [6.07, 6.45) is 3.71. The second kappa shape index (κ2) is 5.44. The Balaban J connectivity index is 1.67. The SMILES string of the molecule is Cc1ccc(C(=O)N2CCC(N3CCCC3)C2)cc1N. The molecule has 0 radical (unpaired) electrons. The van der Waals surface area contributed by atoms with Crippen molar-refractivity contribution in [2.75, 3.05) is 31.9 Å². The van der Waals surface area contributed by atoms with Crippen LogP contribution in [0.1, 0.15) is 35.2 Å². The van der Waals surface area contributed by atoms with E-state index in [1.807, 2.05) is 24.0 Å². The molecule has 2 heterocycles. The van der Waals surface area contributed by atoms with E-state index in [2.05, 4.69) is 4.90 Å². The van der Waals surface area contributed by atoms with Crippen LogP contribution in [0.3, 0.4) is 0 Å². The summed E-state index contributed by atoms with van der Waals surface area (Å²) in [5, 5.41) is 0. The predicted molar refractivity (Wildman–Crippen MR) is 80.7 cm³/mol. The second-order valence-electron chi connectivity index (χ2n) is 6.01. The lowest BCUT2D eigenvalue weighted by Gasteiger charge is -2.23. The molecule has 2 aliphatic rings. The van der Waals surface area contributed by atoms with Crippen LogP contribution in [-0.4, -0.2) is 47.9 Å². The molecule has 1 aromatic rings. The Morgan fingerprint density at radius 2 is 2.00 bits per heavy atom. The number of benzene rings is 1. The zero-order valence-electron chi connectivity index (χ0n) is 12.1. The van der Waals surface area contributed by atoms with E-state index in [0.29, 0.717) is 11.7 Å². The molecule has 4 heteroatoms. The summed E-state index contributed by atoms with van der Waals surface area (Å²) in [7, 11) is 0. The van der Waals surface area contributed by atoms with E-state index in [1.165, 1.54) is 25.9 Å². The average Bonchev–Trinajstić information content (AvgIpc) is 3.11. The first-order chi connectivity index (χ1) is 9.65. The van der Waals surface area contributed by atoms with E-state index in [4.69, 9.17) is 5.73 Å². The van der Waals surface area contributed by atoms with Gasteiger partial charge in [-0.3, -0.25) is 9.69 Å². The molecule has 3 rings (SSSR count). The normalized spacial score (nSPS) is 23.4. The maximum absolute atomic E-state index is 12.5. The van der Waals surface area contributed by atoms with Gasteiger partial charge in [0.2, 0.25) is 0 Å². The van der Waals surface area contributed by atoms with E-state index in [-0.39, 0.29) is 5.91 Å². The molecule has 0 saturated carbocycles. The summed E-state index contributed by atoms with van der Waals surface area (Å²) < 4.78 is 0. The quantitative estimate of drug-likeness (QED) is 0.837. The van der Waals surface area contributed by atoms with Gasteiger partial charge in [-0.15, -0.1) is 0 Å². The van der Waals surface area contributed by atoms with Crippen molar-refractivity contribution in [1.29, 1.82) is 0 Å². The van der Waals surface area contributed by atoms with E-state index in [9.17, 15) is 4.79 Å². The van der Waals surface area contributed by atoms with Crippen molar-refractivity contribution >= 4 is 11.6 Å². The van der Waals surface area contributed by atoms with Gasteiger partial charge in [-0.2, -0.15) is 0 Å². The van der Waals surface area contributed by atoms with Gasteiger partial charge in [0.1, 0.15) is 0 Å². The lowest BCUT2D eigenvalue weighted by atomic mass is 10.1. The topological polar surface area (TPSA) is 49.6 Å². The maximum Gasteiger partial charge on any atom is 0.253 e. The van der Waals surface area contributed by atoms with Crippen molar-refractivity contribution < 1.29 is 4.79 Å². The van der Waals surface area contributed by atoms with Crippen molar-refractivity contribution in [3.63, 3.8) is 0 Å². The van der Waals surface area contributed by atoms with Crippen LogP contribution in [0.2, 0.25) is 0 Å². The number of amides is 1. The second-order valence-corrected chi connectivity index (χ2v) is 6.01. The minimum Gasteiger partial charge on any atom is -0.398 e. The highest BCUT2D eigenvalue weighted by molar-refractivity contribution is 5.95. The molecule has 1 atom stereocenters. The molecule has 0 bridgehead atoms. The van der Waals surface area contributed by atoms with Crippen molar-refractivity contribution in [2.45, 2.75) is 32.2 Å². The molecule has 108 valence electrons. The number of nitrogen functional groups attached to an aromatic ring is 1.